The van der Waals surface area contributed by atoms with Crippen LogP contribution in [0.3, 0.4) is 0 Å². The van der Waals surface area contributed by atoms with Gasteiger partial charge in [0, 0.05) is 17.6 Å². The van der Waals surface area contributed by atoms with Gasteiger partial charge in [0.2, 0.25) is 0 Å². The first-order valence-electron chi connectivity index (χ1n) is 5.48. The number of carbonyl (C=O) groups excluding carboxylic acids is 1. The fourth-order valence-electron chi connectivity index (χ4n) is 1.61. The number of hydrogen-bond acceptors (Lipinski definition) is 6. The lowest BCUT2D eigenvalue weighted by atomic mass is 10.1. The molecule has 1 amide bonds. The minimum atomic E-state index is -0.485. The molecule has 0 saturated heterocycles. The summed E-state index contributed by atoms with van der Waals surface area (Å²) in [5, 5.41) is 15.4. The van der Waals surface area contributed by atoms with E-state index < -0.39 is 11.7 Å². The Labute approximate surface area is 116 Å². The Morgan fingerprint density at radius 3 is 3.00 bits per heavy atom. The average Bonchev–Trinajstić information content (AvgIpc) is 3.11. The number of benzene rings is 1. The van der Waals surface area contributed by atoms with Gasteiger partial charge in [0.1, 0.15) is 12.1 Å². The summed E-state index contributed by atoms with van der Waals surface area (Å²) in [5.41, 5.74) is 0.498. The lowest BCUT2D eigenvalue weighted by Gasteiger charge is -2.08. The zero-order valence-corrected chi connectivity index (χ0v) is 10.7. The van der Waals surface area contributed by atoms with Crippen molar-refractivity contribution in [3.63, 3.8) is 0 Å². The van der Waals surface area contributed by atoms with Crippen molar-refractivity contribution in [2.75, 3.05) is 5.32 Å². The number of tetrazole rings is 1. The van der Waals surface area contributed by atoms with E-state index in [-0.39, 0.29) is 11.3 Å². The second-order valence-corrected chi connectivity index (χ2v) is 4.60. The number of halogens is 1. The van der Waals surface area contributed by atoms with Gasteiger partial charge < -0.3 is 0 Å². The van der Waals surface area contributed by atoms with E-state index in [2.05, 4.69) is 25.8 Å². The number of nitrogens with zero attached hydrogens (tertiary/aromatic N) is 5. The second kappa shape index (κ2) is 5.13. The molecular formula is C11H7FN6OS. The number of amides is 1. The number of thiazole rings is 1. The average molecular weight is 290 g/mol. The number of nitrogens with one attached hydrogen (secondary N) is 1. The van der Waals surface area contributed by atoms with Gasteiger partial charge in [-0.1, -0.05) is 0 Å². The van der Waals surface area contributed by atoms with Gasteiger partial charge in [0.15, 0.2) is 5.13 Å². The van der Waals surface area contributed by atoms with Crippen molar-refractivity contribution in [2.45, 2.75) is 0 Å². The highest BCUT2D eigenvalue weighted by Crippen LogP contribution is 2.18. The van der Waals surface area contributed by atoms with Crippen LogP contribution < -0.4 is 5.32 Å². The van der Waals surface area contributed by atoms with E-state index in [1.54, 1.807) is 11.6 Å². The molecule has 3 aromatic rings. The van der Waals surface area contributed by atoms with E-state index in [0.717, 1.165) is 0 Å². The molecular weight excluding hydrogens is 283 g/mol. The lowest BCUT2D eigenvalue weighted by Crippen LogP contribution is -2.15. The monoisotopic (exact) mass is 290 g/mol. The number of aromatic nitrogens is 5. The van der Waals surface area contributed by atoms with Gasteiger partial charge >= 0.3 is 0 Å². The van der Waals surface area contributed by atoms with Crippen molar-refractivity contribution in [3.8, 4) is 5.69 Å². The maximum absolute atomic E-state index is 13.4. The van der Waals surface area contributed by atoms with Crippen molar-refractivity contribution >= 4 is 22.4 Å². The molecule has 3 rings (SSSR count). The maximum Gasteiger partial charge on any atom is 0.259 e. The molecule has 2 heterocycles. The molecule has 20 heavy (non-hydrogen) atoms. The maximum atomic E-state index is 13.4. The van der Waals surface area contributed by atoms with Crippen molar-refractivity contribution in [3.05, 3.63) is 47.5 Å². The third-order valence-electron chi connectivity index (χ3n) is 2.45. The van der Waals surface area contributed by atoms with Crippen LogP contribution in [0.2, 0.25) is 0 Å². The van der Waals surface area contributed by atoms with Crippen LogP contribution in [0.4, 0.5) is 9.52 Å². The van der Waals surface area contributed by atoms with Crippen LogP contribution in [0.15, 0.2) is 36.1 Å². The molecule has 1 N–H and O–H groups in total. The van der Waals surface area contributed by atoms with Crippen molar-refractivity contribution in [2.24, 2.45) is 0 Å². The first-order chi connectivity index (χ1) is 9.74. The highest BCUT2D eigenvalue weighted by molar-refractivity contribution is 7.13. The summed E-state index contributed by atoms with van der Waals surface area (Å²) in [6.45, 7) is 0. The molecule has 100 valence electrons. The zero-order valence-electron chi connectivity index (χ0n) is 9.89. The number of carbonyl (C=O) groups is 1. The predicted octanol–water partition coefficient (Wildman–Crippen LogP) is 1.51. The number of hydrogen-bond donors (Lipinski definition) is 1. The van der Waals surface area contributed by atoms with Gasteiger partial charge in [-0.15, -0.1) is 16.4 Å². The molecule has 0 bridgehead atoms. The zero-order chi connectivity index (χ0) is 13.9. The Kier molecular flexibility index (Phi) is 3.17. The van der Waals surface area contributed by atoms with Crippen molar-refractivity contribution < 1.29 is 9.18 Å². The molecule has 0 saturated carbocycles. The molecule has 0 aliphatic heterocycles. The topological polar surface area (TPSA) is 85.6 Å². The summed E-state index contributed by atoms with van der Waals surface area (Å²) in [4.78, 5) is 16.1. The van der Waals surface area contributed by atoms with Crippen LogP contribution in [0, 0.1) is 5.82 Å². The smallest absolute Gasteiger partial charge is 0.259 e. The minimum absolute atomic E-state index is 0.244. The van der Waals surface area contributed by atoms with Crippen molar-refractivity contribution in [1.82, 2.24) is 25.2 Å². The Balaban J connectivity index is 1.98. The molecule has 0 fully saturated rings. The summed E-state index contributed by atoms with van der Waals surface area (Å²) >= 11 is 1.29. The third-order valence-corrected chi connectivity index (χ3v) is 3.14. The van der Waals surface area contributed by atoms with Gasteiger partial charge in [-0.3, -0.25) is 10.1 Å². The largest absolute Gasteiger partial charge is 0.298 e. The van der Waals surface area contributed by atoms with Crippen LogP contribution in [-0.4, -0.2) is 31.1 Å². The SMILES string of the molecule is O=C(Nc1nccs1)c1ccc(F)cc1-n1cnnn1. The Hall–Kier alpha value is -2.68. The van der Waals surface area contributed by atoms with Crippen LogP contribution in [-0.2, 0) is 0 Å². The standard InChI is InChI=1S/C11H7FN6OS/c12-7-1-2-8(9(5-7)18-6-14-16-17-18)10(19)15-11-13-3-4-20-11/h1-6H,(H,13,15,19). The molecule has 0 unspecified atom stereocenters. The summed E-state index contributed by atoms with van der Waals surface area (Å²) in [7, 11) is 0. The predicted molar refractivity (Wildman–Crippen MR) is 69.2 cm³/mol. The summed E-state index contributed by atoms with van der Waals surface area (Å²) < 4.78 is 14.6. The van der Waals surface area contributed by atoms with Crippen LogP contribution in [0.5, 0.6) is 0 Å². The molecule has 0 aliphatic carbocycles. The summed E-state index contributed by atoms with van der Waals surface area (Å²) in [6.07, 6.45) is 2.86. The van der Waals surface area contributed by atoms with E-state index in [1.165, 1.54) is 40.5 Å². The fraction of sp³-hybridized carbons (Fsp3) is 0. The highest BCUT2D eigenvalue weighted by Gasteiger charge is 2.15. The molecule has 0 spiro atoms. The van der Waals surface area contributed by atoms with Crippen LogP contribution >= 0.6 is 11.3 Å². The van der Waals surface area contributed by atoms with E-state index in [4.69, 9.17) is 0 Å². The van der Waals surface area contributed by atoms with E-state index in [0.29, 0.717) is 5.13 Å². The van der Waals surface area contributed by atoms with Gasteiger partial charge in [0.05, 0.1) is 11.3 Å². The molecule has 7 nitrogen and oxygen atoms in total. The van der Waals surface area contributed by atoms with Gasteiger partial charge in [-0.05, 0) is 22.6 Å². The molecule has 0 atom stereocenters. The molecule has 9 heteroatoms. The summed E-state index contributed by atoms with van der Waals surface area (Å²) in [6, 6.07) is 3.76. The Bertz CT molecular complexity index is 727. The van der Waals surface area contributed by atoms with Crippen LogP contribution in [0.1, 0.15) is 10.4 Å². The van der Waals surface area contributed by atoms with Crippen molar-refractivity contribution in [1.29, 1.82) is 0 Å². The van der Waals surface area contributed by atoms with E-state index >= 15 is 0 Å². The minimum Gasteiger partial charge on any atom is -0.298 e. The summed E-state index contributed by atoms with van der Waals surface area (Å²) in [5.74, 6) is -0.897. The normalized spacial score (nSPS) is 10.4. The van der Waals surface area contributed by atoms with E-state index in [9.17, 15) is 9.18 Å². The lowest BCUT2D eigenvalue weighted by molar-refractivity contribution is 0.102. The van der Waals surface area contributed by atoms with Gasteiger partial charge in [0.25, 0.3) is 5.91 Å². The number of rotatable bonds is 3. The van der Waals surface area contributed by atoms with Crippen LogP contribution in [0.25, 0.3) is 5.69 Å². The first kappa shape index (κ1) is 12.4. The van der Waals surface area contributed by atoms with E-state index in [1.807, 2.05) is 0 Å². The second-order valence-electron chi connectivity index (χ2n) is 3.71. The van der Waals surface area contributed by atoms with Gasteiger partial charge in [-0.25, -0.2) is 9.37 Å². The quantitative estimate of drug-likeness (QED) is 0.790. The Morgan fingerprint density at radius 2 is 2.30 bits per heavy atom. The van der Waals surface area contributed by atoms with Gasteiger partial charge in [-0.2, -0.15) is 4.68 Å². The molecule has 2 aromatic heterocycles. The highest BCUT2D eigenvalue weighted by atomic mass is 32.1. The third kappa shape index (κ3) is 2.38. The Morgan fingerprint density at radius 1 is 1.40 bits per heavy atom. The molecule has 0 aliphatic rings. The fourth-order valence-corrected chi connectivity index (χ4v) is 2.13. The molecule has 1 aromatic carbocycles. The molecule has 0 radical (unpaired) electrons. The first-order valence-corrected chi connectivity index (χ1v) is 6.36. The number of anilines is 1.